The minimum atomic E-state index is 0.380. The van der Waals surface area contributed by atoms with Gasteiger partial charge in [0.25, 0.3) is 0 Å². The van der Waals surface area contributed by atoms with E-state index in [2.05, 4.69) is 12.1 Å². The second-order valence-electron chi connectivity index (χ2n) is 4.28. The predicted octanol–water partition coefficient (Wildman–Crippen LogP) is 3.19. The summed E-state index contributed by atoms with van der Waals surface area (Å²) >= 11 is 0. The van der Waals surface area contributed by atoms with Gasteiger partial charge in [0, 0.05) is 12.2 Å². The number of hydrogen-bond acceptors (Lipinski definition) is 4. The zero-order valence-electron chi connectivity index (χ0n) is 11.0. The van der Waals surface area contributed by atoms with Gasteiger partial charge in [-0.15, -0.1) is 0 Å². The van der Waals surface area contributed by atoms with E-state index in [1.807, 2.05) is 35.2 Å². The van der Waals surface area contributed by atoms with Gasteiger partial charge in [-0.25, -0.2) is 0 Å². The van der Waals surface area contributed by atoms with Crippen molar-refractivity contribution in [2.45, 2.75) is 6.42 Å². The number of nitrogens with zero attached hydrogens (tertiary/aromatic N) is 3. The fraction of sp³-hybridized carbons (Fsp3) is 0.125. The molecule has 2 rings (SSSR count). The molecule has 0 spiro atoms. The second-order valence-corrected chi connectivity index (χ2v) is 4.28. The summed E-state index contributed by atoms with van der Waals surface area (Å²) in [5, 5.41) is 17.8. The number of rotatable bonds is 4. The number of para-hydroxylation sites is 1. The Balaban J connectivity index is 2.47. The SMILES string of the molecule is N#CCCN(c1ccccc1)c1cc(C#N)ccc1N. The van der Waals surface area contributed by atoms with E-state index in [1.54, 1.807) is 18.2 Å². The van der Waals surface area contributed by atoms with Gasteiger partial charge in [-0.3, -0.25) is 0 Å². The molecule has 0 atom stereocenters. The van der Waals surface area contributed by atoms with E-state index < -0.39 is 0 Å². The predicted molar refractivity (Wildman–Crippen MR) is 79.2 cm³/mol. The average Bonchev–Trinajstić information content (AvgIpc) is 2.50. The third-order valence-electron chi connectivity index (χ3n) is 2.97. The van der Waals surface area contributed by atoms with E-state index in [4.69, 9.17) is 16.3 Å². The Morgan fingerprint density at radius 2 is 1.80 bits per heavy atom. The quantitative estimate of drug-likeness (QED) is 0.858. The highest BCUT2D eigenvalue weighted by Gasteiger charge is 2.12. The lowest BCUT2D eigenvalue weighted by molar-refractivity contribution is 0.949. The number of benzene rings is 2. The van der Waals surface area contributed by atoms with E-state index in [0.29, 0.717) is 24.2 Å². The van der Waals surface area contributed by atoms with E-state index in [0.717, 1.165) is 11.4 Å². The van der Waals surface area contributed by atoms with Crippen molar-refractivity contribution in [1.29, 1.82) is 10.5 Å². The smallest absolute Gasteiger partial charge is 0.0992 e. The molecular formula is C16H14N4. The number of nitriles is 2. The molecule has 4 nitrogen and oxygen atoms in total. The molecule has 0 aliphatic rings. The van der Waals surface area contributed by atoms with E-state index in [1.165, 1.54) is 0 Å². The summed E-state index contributed by atoms with van der Waals surface area (Å²) < 4.78 is 0. The standard InChI is InChI=1S/C16H14N4/c17-9-4-10-20(14-5-2-1-3-6-14)16-11-13(12-18)7-8-15(16)19/h1-3,5-8,11H,4,10,19H2. The Hall–Kier alpha value is -2.98. The van der Waals surface area contributed by atoms with Crippen LogP contribution >= 0.6 is 0 Å². The van der Waals surface area contributed by atoms with Crippen molar-refractivity contribution < 1.29 is 0 Å². The van der Waals surface area contributed by atoms with Crippen molar-refractivity contribution in [1.82, 2.24) is 0 Å². The van der Waals surface area contributed by atoms with Gasteiger partial charge in [0.05, 0.1) is 35.5 Å². The van der Waals surface area contributed by atoms with Gasteiger partial charge in [0.2, 0.25) is 0 Å². The highest BCUT2D eigenvalue weighted by molar-refractivity contribution is 5.76. The first kappa shape index (κ1) is 13.5. The molecule has 0 amide bonds. The van der Waals surface area contributed by atoms with E-state index >= 15 is 0 Å². The van der Waals surface area contributed by atoms with Crippen molar-refractivity contribution >= 4 is 17.1 Å². The Kier molecular flexibility index (Phi) is 4.21. The highest BCUT2D eigenvalue weighted by Crippen LogP contribution is 2.31. The molecule has 20 heavy (non-hydrogen) atoms. The van der Waals surface area contributed by atoms with Crippen LogP contribution in [-0.2, 0) is 0 Å². The van der Waals surface area contributed by atoms with Crippen LogP contribution in [0.25, 0.3) is 0 Å². The van der Waals surface area contributed by atoms with Crippen LogP contribution in [0.1, 0.15) is 12.0 Å². The van der Waals surface area contributed by atoms with Crippen LogP contribution in [0.5, 0.6) is 0 Å². The molecule has 2 N–H and O–H groups in total. The van der Waals surface area contributed by atoms with Gasteiger partial charge in [-0.1, -0.05) is 18.2 Å². The number of hydrogen-bond donors (Lipinski definition) is 1. The Morgan fingerprint density at radius 1 is 1.05 bits per heavy atom. The second kappa shape index (κ2) is 6.26. The topological polar surface area (TPSA) is 76.8 Å². The normalized spacial score (nSPS) is 9.50. The van der Waals surface area contributed by atoms with Crippen LogP contribution in [0, 0.1) is 22.7 Å². The molecule has 0 fully saturated rings. The molecule has 0 heterocycles. The first-order chi connectivity index (χ1) is 9.76. The zero-order valence-corrected chi connectivity index (χ0v) is 11.0. The van der Waals surface area contributed by atoms with Gasteiger partial charge in [-0.05, 0) is 30.3 Å². The molecule has 98 valence electrons. The molecule has 0 bridgehead atoms. The lowest BCUT2D eigenvalue weighted by Gasteiger charge is -2.25. The van der Waals surface area contributed by atoms with Crippen LogP contribution in [-0.4, -0.2) is 6.54 Å². The molecule has 0 unspecified atom stereocenters. The number of nitrogens with two attached hydrogens (primary N) is 1. The molecular weight excluding hydrogens is 248 g/mol. The molecule has 2 aromatic carbocycles. The van der Waals surface area contributed by atoms with Crippen molar-refractivity contribution in [3.05, 3.63) is 54.1 Å². The van der Waals surface area contributed by atoms with Crippen LogP contribution in [0.15, 0.2) is 48.5 Å². The zero-order chi connectivity index (χ0) is 14.4. The third-order valence-corrected chi connectivity index (χ3v) is 2.97. The van der Waals surface area contributed by atoms with Gasteiger partial charge < -0.3 is 10.6 Å². The average molecular weight is 262 g/mol. The molecule has 0 saturated carbocycles. The third kappa shape index (κ3) is 2.88. The fourth-order valence-corrected chi connectivity index (χ4v) is 2.01. The molecule has 0 aromatic heterocycles. The van der Waals surface area contributed by atoms with Crippen molar-refractivity contribution in [3.8, 4) is 12.1 Å². The highest BCUT2D eigenvalue weighted by atomic mass is 15.1. The molecule has 4 heteroatoms. The summed E-state index contributed by atoms with van der Waals surface area (Å²) in [5.41, 5.74) is 8.86. The van der Waals surface area contributed by atoms with Gasteiger partial charge in [0.1, 0.15) is 0 Å². The number of anilines is 3. The Morgan fingerprint density at radius 3 is 2.45 bits per heavy atom. The molecule has 0 radical (unpaired) electrons. The minimum Gasteiger partial charge on any atom is -0.397 e. The first-order valence-corrected chi connectivity index (χ1v) is 6.25. The summed E-state index contributed by atoms with van der Waals surface area (Å²) in [6, 6.07) is 19.1. The van der Waals surface area contributed by atoms with Gasteiger partial charge in [-0.2, -0.15) is 10.5 Å². The maximum absolute atomic E-state index is 9.02. The van der Waals surface area contributed by atoms with Gasteiger partial charge >= 0.3 is 0 Å². The summed E-state index contributed by atoms with van der Waals surface area (Å²) in [6.45, 7) is 0.527. The Bertz CT molecular complexity index is 665. The molecule has 2 aromatic rings. The minimum absolute atomic E-state index is 0.380. The lowest BCUT2D eigenvalue weighted by atomic mass is 10.1. The van der Waals surface area contributed by atoms with E-state index in [9.17, 15) is 0 Å². The van der Waals surface area contributed by atoms with E-state index in [-0.39, 0.29) is 0 Å². The van der Waals surface area contributed by atoms with Gasteiger partial charge in [0.15, 0.2) is 0 Å². The van der Waals surface area contributed by atoms with Crippen molar-refractivity contribution in [2.75, 3.05) is 17.2 Å². The lowest BCUT2D eigenvalue weighted by Crippen LogP contribution is -2.19. The Labute approximate surface area is 118 Å². The largest absolute Gasteiger partial charge is 0.397 e. The monoisotopic (exact) mass is 262 g/mol. The molecule has 0 aliphatic heterocycles. The van der Waals surface area contributed by atoms with Crippen LogP contribution < -0.4 is 10.6 Å². The summed E-state index contributed by atoms with van der Waals surface area (Å²) in [6.07, 6.45) is 0.380. The van der Waals surface area contributed by atoms with Crippen LogP contribution in [0.4, 0.5) is 17.1 Å². The summed E-state index contributed by atoms with van der Waals surface area (Å²) in [4.78, 5) is 1.96. The summed E-state index contributed by atoms with van der Waals surface area (Å²) in [7, 11) is 0. The summed E-state index contributed by atoms with van der Waals surface area (Å²) in [5.74, 6) is 0. The molecule has 0 aliphatic carbocycles. The first-order valence-electron chi connectivity index (χ1n) is 6.25. The number of nitrogen functional groups attached to an aromatic ring is 1. The van der Waals surface area contributed by atoms with Crippen LogP contribution in [0.2, 0.25) is 0 Å². The van der Waals surface area contributed by atoms with Crippen molar-refractivity contribution in [3.63, 3.8) is 0 Å². The molecule has 0 saturated heterocycles. The van der Waals surface area contributed by atoms with Crippen molar-refractivity contribution in [2.24, 2.45) is 0 Å². The maximum Gasteiger partial charge on any atom is 0.0992 e. The fourth-order valence-electron chi connectivity index (χ4n) is 2.01. The van der Waals surface area contributed by atoms with Crippen LogP contribution in [0.3, 0.4) is 0 Å². The maximum atomic E-state index is 9.02.